The summed E-state index contributed by atoms with van der Waals surface area (Å²) in [6.45, 7) is 2.93. The Kier molecular flexibility index (Phi) is 4.18. The van der Waals surface area contributed by atoms with Gasteiger partial charge in [0.25, 0.3) is 0 Å². The summed E-state index contributed by atoms with van der Waals surface area (Å²) in [5.74, 6) is 0.109. The molecule has 0 atom stereocenters. The van der Waals surface area contributed by atoms with E-state index in [4.69, 9.17) is 16.2 Å². The van der Waals surface area contributed by atoms with Crippen LogP contribution in [0.5, 0.6) is 0 Å². The number of ether oxygens (including phenoxy) is 1. The van der Waals surface area contributed by atoms with Gasteiger partial charge in [-0.2, -0.15) is 0 Å². The fraction of sp³-hybridized carbons (Fsp3) is 0.750. The number of morpholine rings is 1. The summed E-state index contributed by atoms with van der Waals surface area (Å²) in [5.41, 5.74) is 10.3. The lowest BCUT2D eigenvalue weighted by Gasteiger charge is -2.26. The highest BCUT2D eigenvalue weighted by atomic mass is 16.5. The standard InChI is InChI=1S/C8H16N4O2/c9-8(10)11-2-1-7(13)12-3-5-14-6-4-12/h1-6H2,(H4,9,10,11). The highest BCUT2D eigenvalue weighted by molar-refractivity contribution is 5.78. The van der Waals surface area contributed by atoms with Crippen molar-refractivity contribution in [2.45, 2.75) is 6.42 Å². The van der Waals surface area contributed by atoms with Crippen molar-refractivity contribution in [2.24, 2.45) is 16.5 Å². The van der Waals surface area contributed by atoms with E-state index in [0.29, 0.717) is 39.3 Å². The maximum atomic E-state index is 11.5. The lowest BCUT2D eigenvalue weighted by molar-refractivity contribution is -0.135. The van der Waals surface area contributed by atoms with Gasteiger partial charge >= 0.3 is 0 Å². The monoisotopic (exact) mass is 200 g/mol. The first-order chi connectivity index (χ1) is 6.70. The molecule has 80 valence electrons. The molecule has 6 nitrogen and oxygen atoms in total. The number of hydrogen-bond donors (Lipinski definition) is 2. The fourth-order valence-electron chi connectivity index (χ4n) is 1.25. The summed E-state index contributed by atoms with van der Waals surface area (Å²) in [4.78, 5) is 17.0. The van der Waals surface area contributed by atoms with Crippen molar-refractivity contribution in [3.8, 4) is 0 Å². The van der Waals surface area contributed by atoms with E-state index in [1.165, 1.54) is 0 Å². The van der Waals surface area contributed by atoms with Crippen molar-refractivity contribution in [2.75, 3.05) is 32.8 Å². The van der Waals surface area contributed by atoms with Crippen molar-refractivity contribution >= 4 is 11.9 Å². The number of amides is 1. The molecule has 0 spiro atoms. The number of aliphatic imine (C=N–C) groups is 1. The maximum absolute atomic E-state index is 11.5. The molecule has 4 N–H and O–H groups in total. The van der Waals surface area contributed by atoms with Crippen LogP contribution in [0.15, 0.2) is 4.99 Å². The molecule has 0 aromatic heterocycles. The van der Waals surface area contributed by atoms with Crippen molar-refractivity contribution in [1.82, 2.24) is 4.90 Å². The third kappa shape index (κ3) is 3.61. The summed E-state index contributed by atoms with van der Waals surface area (Å²) in [7, 11) is 0. The zero-order valence-corrected chi connectivity index (χ0v) is 8.11. The molecule has 1 aliphatic heterocycles. The molecule has 1 heterocycles. The number of nitrogens with two attached hydrogens (primary N) is 2. The minimum atomic E-state index is 0.0276. The first kappa shape index (κ1) is 10.8. The second-order valence-corrected chi connectivity index (χ2v) is 3.05. The van der Waals surface area contributed by atoms with Crippen LogP contribution in [0.3, 0.4) is 0 Å². The van der Waals surface area contributed by atoms with Gasteiger partial charge in [0.15, 0.2) is 5.96 Å². The summed E-state index contributed by atoms with van der Waals surface area (Å²) >= 11 is 0. The average Bonchev–Trinajstić information content (AvgIpc) is 2.18. The van der Waals surface area contributed by atoms with Crippen molar-refractivity contribution in [1.29, 1.82) is 0 Å². The van der Waals surface area contributed by atoms with Crippen LogP contribution in [-0.2, 0) is 9.53 Å². The number of hydrogen-bond acceptors (Lipinski definition) is 3. The molecule has 1 aliphatic rings. The van der Waals surface area contributed by atoms with Gasteiger partial charge in [0, 0.05) is 19.5 Å². The first-order valence-corrected chi connectivity index (χ1v) is 4.61. The molecular formula is C8H16N4O2. The summed E-state index contributed by atoms with van der Waals surface area (Å²) < 4.78 is 5.13. The van der Waals surface area contributed by atoms with Crippen LogP contribution in [0.1, 0.15) is 6.42 Å². The molecule has 0 unspecified atom stereocenters. The smallest absolute Gasteiger partial charge is 0.224 e. The zero-order chi connectivity index (χ0) is 10.4. The van der Waals surface area contributed by atoms with Gasteiger partial charge in [-0.3, -0.25) is 9.79 Å². The Hall–Kier alpha value is -1.30. The molecule has 14 heavy (non-hydrogen) atoms. The van der Waals surface area contributed by atoms with Crippen LogP contribution < -0.4 is 11.5 Å². The normalized spacial score (nSPS) is 16.4. The van der Waals surface area contributed by atoms with Crippen molar-refractivity contribution < 1.29 is 9.53 Å². The minimum absolute atomic E-state index is 0.0276. The summed E-state index contributed by atoms with van der Waals surface area (Å²) in [5, 5.41) is 0. The third-order valence-electron chi connectivity index (χ3n) is 1.98. The van der Waals surface area contributed by atoms with Crippen LogP contribution in [0.25, 0.3) is 0 Å². The van der Waals surface area contributed by atoms with E-state index >= 15 is 0 Å². The lowest BCUT2D eigenvalue weighted by Crippen LogP contribution is -2.40. The Morgan fingerprint density at radius 3 is 2.57 bits per heavy atom. The molecule has 1 amide bonds. The molecular weight excluding hydrogens is 184 g/mol. The highest BCUT2D eigenvalue weighted by Gasteiger charge is 2.15. The summed E-state index contributed by atoms with van der Waals surface area (Å²) in [6, 6.07) is 0. The van der Waals surface area contributed by atoms with Crippen LogP contribution >= 0.6 is 0 Å². The van der Waals surface area contributed by atoms with Gasteiger partial charge in [0.1, 0.15) is 0 Å². The Bertz CT molecular complexity index is 219. The molecule has 0 radical (unpaired) electrons. The zero-order valence-electron chi connectivity index (χ0n) is 8.11. The third-order valence-corrected chi connectivity index (χ3v) is 1.98. The Morgan fingerprint density at radius 2 is 2.00 bits per heavy atom. The first-order valence-electron chi connectivity index (χ1n) is 4.61. The highest BCUT2D eigenvalue weighted by Crippen LogP contribution is 1.99. The van der Waals surface area contributed by atoms with Gasteiger partial charge in [-0.25, -0.2) is 0 Å². The average molecular weight is 200 g/mol. The quantitative estimate of drug-likeness (QED) is 0.428. The summed E-state index contributed by atoms with van der Waals surface area (Å²) in [6.07, 6.45) is 0.359. The number of nitrogens with zero attached hydrogens (tertiary/aromatic N) is 2. The minimum Gasteiger partial charge on any atom is -0.378 e. The van der Waals surface area contributed by atoms with Gasteiger partial charge in [0.05, 0.1) is 19.8 Å². The maximum Gasteiger partial charge on any atom is 0.224 e. The number of carbonyl (C=O) groups is 1. The van der Waals surface area contributed by atoms with E-state index in [1.54, 1.807) is 4.90 Å². The van der Waals surface area contributed by atoms with E-state index in [0.717, 1.165) is 0 Å². The fourth-order valence-corrected chi connectivity index (χ4v) is 1.25. The van der Waals surface area contributed by atoms with Crippen LogP contribution in [0.2, 0.25) is 0 Å². The largest absolute Gasteiger partial charge is 0.378 e. The van der Waals surface area contributed by atoms with Crippen LogP contribution in [-0.4, -0.2) is 49.6 Å². The van der Waals surface area contributed by atoms with Gasteiger partial charge in [-0.1, -0.05) is 0 Å². The van der Waals surface area contributed by atoms with Crippen LogP contribution in [0.4, 0.5) is 0 Å². The van der Waals surface area contributed by atoms with Crippen molar-refractivity contribution in [3.05, 3.63) is 0 Å². The van der Waals surface area contributed by atoms with Gasteiger partial charge < -0.3 is 21.1 Å². The van der Waals surface area contributed by atoms with E-state index in [2.05, 4.69) is 4.99 Å². The molecule has 0 aliphatic carbocycles. The van der Waals surface area contributed by atoms with E-state index in [9.17, 15) is 4.79 Å². The topological polar surface area (TPSA) is 93.9 Å². The van der Waals surface area contributed by atoms with Crippen LogP contribution in [0, 0.1) is 0 Å². The number of carbonyl (C=O) groups excluding carboxylic acids is 1. The number of rotatable bonds is 3. The van der Waals surface area contributed by atoms with E-state index in [1.807, 2.05) is 0 Å². The SMILES string of the molecule is NC(N)=NCCC(=O)N1CCOCC1. The Labute approximate surface area is 82.9 Å². The molecule has 1 saturated heterocycles. The second-order valence-electron chi connectivity index (χ2n) is 3.05. The molecule has 0 aromatic carbocycles. The predicted octanol–water partition coefficient (Wildman–Crippen LogP) is -1.49. The molecule has 0 aromatic rings. The van der Waals surface area contributed by atoms with Gasteiger partial charge in [-0.05, 0) is 0 Å². The number of guanidine groups is 1. The Morgan fingerprint density at radius 1 is 1.36 bits per heavy atom. The van der Waals surface area contributed by atoms with E-state index < -0.39 is 0 Å². The molecule has 0 saturated carbocycles. The second kappa shape index (κ2) is 5.43. The van der Waals surface area contributed by atoms with Gasteiger partial charge in [0.2, 0.25) is 5.91 Å². The molecule has 6 heteroatoms. The molecule has 0 bridgehead atoms. The molecule has 1 fully saturated rings. The lowest BCUT2D eigenvalue weighted by atomic mass is 10.3. The predicted molar refractivity (Wildman–Crippen MR) is 52.7 cm³/mol. The Balaban J connectivity index is 2.23. The van der Waals surface area contributed by atoms with E-state index in [-0.39, 0.29) is 11.9 Å². The molecule has 1 rings (SSSR count). The van der Waals surface area contributed by atoms with Crippen molar-refractivity contribution in [3.63, 3.8) is 0 Å². The van der Waals surface area contributed by atoms with Gasteiger partial charge in [-0.15, -0.1) is 0 Å².